The highest BCUT2D eigenvalue weighted by atomic mass is 16.6. The summed E-state index contributed by atoms with van der Waals surface area (Å²) in [7, 11) is 5.75. The number of cyclic esters (lactones) is 1. The van der Waals surface area contributed by atoms with Gasteiger partial charge in [-0.2, -0.15) is 5.10 Å². The number of hydrazone groups is 1. The van der Waals surface area contributed by atoms with E-state index in [0.717, 1.165) is 16.5 Å². The maximum Gasteiger partial charge on any atom is 0.343 e. The van der Waals surface area contributed by atoms with Crippen LogP contribution in [0.5, 0.6) is 0 Å². The minimum atomic E-state index is -1.89. The van der Waals surface area contributed by atoms with Gasteiger partial charge in [-0.15, -0.1) is 0 Å². The van der Waals surface area contributed by atoms with Crippen LogP contribution in [0.2, 0.25) is 0 Å². The van der Waals surface area contributed by atoms with Crippen molar-refractivity contribution in [3.8, 4) is 11.4 Å². The third kappa shape index (κ3) is 3.78. The molecule has 36 heavy (non-hydrogen) atoms. The monoisotopic (exact) mass is 490 g/mol. The van der Waals surface area contributed by atoms with Crippen LogP contribution in [-0.4, -0.2) is 64.9 Å². The van der Waals surface area contributed by atoms with E-state index in [2.05, 4.69) is 10.5 Å². The van der Waals surface area contributed by atoms with Crippen molar-refractivity contribution in [2.24, 2.45) is 5.10 Å². The number of para-hydroxylation sites is 1. The van der Waals surface area contributed by atoms with Gasteiger partial charge in [-0.1, -0.05) is 25.1 Å². The van der Waals surface area contributed by atoms with Gasteiger partial charge in [0, 0.05) is 22.1 Å². The number of quaternary nitrogens is 1. The van der Waals surface area contributed by atoms with Crippen LogP contribution >= 0.6 is 0 Å². The Hall–Kier alpha value is -3.89. The number of carbonyl (C=O) groups is 2. The molecule has 1 atom stereocenters. The van der Waals surface area contributed by atoms with E-state index in [0.29, 0.717) is 21.4 Å². The summed E-state index contributed by atoms with van der Waals surface area (Å²) in [5.41, 5.74) is 4.19. The SMILES string of the molecule is CCC1(O)C(=O)OCc2c1cc1n(c2=O)Cc2c-1nc1ccccc1c2C=NNC(=O)C[N+](C)(C)C. The van der Waals surface area contributed by atoms with Crippen molar-refractivity contribution in [3.05, 3.63) is 62.9 Å². The molecule has 2 aliphatic heterocycles. The topological polar surface area (TPSA) is 123 Å². The van der Waals surface area contributed by atoms with Gasteiger partial charge in [-0.05, 0) is 18.6 Å². The Morgan fingerprint density at radius 3 is 2.75 bits per heavy atom. The molecule has 1 aromatic carbocycles. The maximum absolute atomic E-state index is 13.5. The molecule has 1 unspecified atom stereocenters. The normalized spacial score (nSPS) is 18.6. The lowest BCUT2D eigenvalue weighted by Crippen LogP contribution is -2.44. The van der Waals surface area contributed by atoms with Gasteiger partial charge in [0.05, 0.1) is 56.4 Å². The van der Waals surface area contributed by atoms with Crippen molar-refractivity contribution < 1.29 is 23.9 Å². The molecular weight excluding hydrogens is 462 g/mol. The lowest BCUT2D eigenvalue weighted by molar-refractivity contribution is -0.862. The Bertz CT molecular complexity index is 1520. The molecule has 0 aliphatic carbocycles. The van der Waals surface area contributed by atoms with Crippen molar-refractivity contribution in [2.75, 3.05) is 27.7 Å². The van der Waals surface area contributed by atoms with Crippen LogP contribution in [-0.2, 0) is 33.1 Å². The number of amides is 1. The minimum absolute atomic E-state index is 0.0740. The number of aromatic nitrogens is 2. The predicted molar refractivity (Wildman–Crippen MR) is 133 cm³/mol. The van der Waals surface area contributed by atoms with Crippen LogP contribution in [0.25, 0.3) is 22.3 Å². The van der Waals surface area contributed by atoms with Gasteiger partial charge >= 0.3 is 5.97 Å². The molecule has 2 N–H and O–H groups in total. The number of pyridine rings is 2. The fourth-order valence-corrected chi connectivity index (χ4v) is 4.84. The molecule has 2 aliphatic rings. The van der Waals surface area contributed by atoms with E-state index in [-0.39, 0.29) is 48.7 Å². The highest BCUT2D eigenvalue weighted by Crippen LogP contribution is 2.39. The summed E-state index contributed by atoms with van der Waals surface area (Å²) in [5.74, 6) is -0.978. The zero-order valence-electron chi connectivity index (χ0n) is 20.7. The molecule has 0 saturated heterocycles. The zero-order chi connectivity index (χ0) is 25.8. The number of nitrogens with one attached hydrogen (secondary N) is 1. The number of nitrogens with zero attached hydrogens (tertiary/aromatic N) is 4. The number of likely N-dealkylation sites (N-methyl/N-ethyl adjacent to an activating group) is 1. The van der Waals surface area contributed by atoms with Crippen LogP contribution in [0.4, 0.5) is 0 Å². The summed E-state index contributed by atoms with van der Waals surface area (Å²) in [6.45, 7) is 1.98. The number of rotatable bonds is 5. The first-order valence-electron chi connectivity index (χ1n) is 11.7. The fraction of sp³-hybridized carbons (Fsp3) is 0.346. The Kier molecular flexibility index (Phi) is 5.53. The van der Waals surface area contributed by atoms with Gasteiger partial charge in [0.15, 0.2) is 12.1 Å². The first kappa shape index (κ1) is 23.8. The summed E-state index contributed by atoms with van der Waals surface area (Å²) in [6.07, 6.45) is 1.66. The van der Waals surface area contributed by atoms with E-state index in [4.69, 9.17) is 9.72 Å². The molecule has 4 heterocycles. The number of esters is 1. The maximum atomic E-state index is 13.5. The summed E-state index contributed by atoms with van der Waals surface area (Å²) < 4.78 is 7.19. The molecule has 0 radical (unpaired) electrons. The number of hydrogen-bond donors (Lipinski definition) is 2. The molecule has 0 saturated carbocycles. The molecule has 5 rings (SSSR count). The minimum Gasteiger partial charge on any atom is -0.458 e. The fourth-order valence-electron chi connectivity index (χ4n) is 4.84. The number of aliphatic hydroxyl groups is 1. The second kappa shape index (κ2) is 8.35. The number of fused-ring (bicyclic) bond motifs is 5. The third-order valence-electron chi connectivity index (χ3n) is 6.64. The molecule has 0 bridgehead atoms. The van der Waals surface area contributed by atoms with Crippen molar-refractivity contribution in [1.29, 1.82) is 0 Å². The summed E-state index contributed by atoms with van der Waals surface area (Å²) >= 11 is 0. The lowest BCUT2D eigenvalue weighted by atomic mass is 9.86. The standard InChI is InChI=1S/C26H27N5O5/c1-5-26(35)19-10-21-23-17(12-30(21)24(33)18(19)14-36-25(26)34)16(15-8-6-7-9-20(15)28-23)11-27-29-22(32)13-31(2,3)4/h6-11,35H,5,12-14H2,1-4H3/p+1. The number of ether oxygens (including phenoxy) is 1. The second-order valence-electron chi connectivity index (χ2n) is 10.2. The summed E-state index contributed by atoms with van der Waals surface area (Å²) in [5, 5.41) is 16.1. The van der Waals surface area contributed by atoms with Gasteiger partial charge in [0.2, 0.25) is 0 Å². The van der Waals surface area contributed by atoms with Crippen molar-refractivity contribution in [2.45, 2.75) is 32.1 Å². The average molecular weight is 491 g/mol. The molecule has 0 fully saturated rings. The third-order valence-corrected chi connectivity index (χ3v) is 6.64. The van der Waals surface area contributed by atoms with Gasteiger partial charge in [0.1, 0.15) is 6.61 Å². The van der Waals surface area contributed by atoms with Crippen LogP contribution < -0.4 is 11.0 Å². The largest absolute Gasteiger partial charge is 0.458 e. The van der Waals surface area contributed by atoms with E-state index >= 15 is 0 Å². The van der Waals surface area contributed by atoms with E-state index in [9.17, 15) is 19.5 Å². The van der Waals surface area contributed by atoms with E-state index < -0.39 is 11.6 Å². The molecule has 10 heteroatoms. The Balaban J connectivity index is 1.65. The number of carbonyl (C=O) groups excluding carboxylic acids is 2. The first-order valence-corrected chi connectivity index (χ1v) is 11.7. The molecule has 186 valence electrons. The highest BCUT2D eigenvalue weighted by molar-refractivity contribution is 6.02. The van der Waals surface area contributed by atoms with Crippen molar-refractivity contribution in [1.82, 2.24) is 15.0 Å². The number of hydrogen-bond acceptors (Lipinski definition) is 7. The zero-order valence-corrected chi connectivity index (χ0v) is 20.7. The van der Waals surface area contributed by atoms with Crippen molar-refractivity contribution >= 4 is 29.0 Å². The Morgan fingerprint density at radius 2 is 2.03 bits per heavy atom. The van der Waals surface area contributed by atoms with E-state index in [1.807, 2.05) is 45.4 Å². The molecular formula is C26H28N5O5+. The average Bonchev–Trinajstić information content (AvgIpc) is 3.19. The van der Waals surface area contributed by atoms with Crippen LogP contribution in [0.15, 0.2) is 40.2 Å². The Labute approximate surface area is 207 Å². The van der Waals surface area contributed by atoms with Gasteiger partial charge in [0.25, 0.3) is 11.5 Å². The van der Waals surface area contributed by atoms with Crippen LogP contribution in [0, 0.1) is 0 Å². The highest BCUT2D eigenvalue weighted by Gasteiger charge is 2.45. The lowest BCUT2D eigenvalue weighted by Gasteiger charge is -2.31. The smallest absolute Gasteiger partial charge is 0.343 e. The molecule has 10 nitrogen and oxygen atoms in total. The van der Waals surface area contributed by atoms with Crippen LogP contribution in [0.3, 0.4) is 0 Å². The van der Waals surface area contributed by atoms with E-state index in [1.165, 1.54) is 0 Å². The van der Waals surface area contributed by atoms with Gasteiger partial charge in [-0.25, -0.2) is 15.2 Å². The quantitative estimate of drug-likeness (QED) is 0.188. The second-order valence-corrected chi connectivity index (χ2v) is 10.2. The molecule has 0 spiro atoms. The summed E-state index contributed by atoms with van der Waals surface area (Å²) in [4.78, 5) is 43.0. The van der Waals surface area contributed by atoms with Crippen LogP contribution in [0.1, 0.15) is 35.6 Å². The van der Waals surface area contributed by atoms with Crippen molar-refractivity contribution in [3.63, 3.8) is 0 Å². The van der Waals surface area contributed by atoms with Gasteiger partial charge < -0.3 is 18.9 Å². The Morgan fingerprint density at radius 1 is 1.28 bits per heavy atom. The van der Waals surface area contributed by atoms with Gasteiger partial charge in [-0.3, -0.25) is 9.59 Å². The molecule has 1 amide bonds. The number of benzene rings is 1. The predicted octanol–water partition coefficient (Wildman–Crippen LogP) is 1.24. The summed E-state index contributed by atoms with van der Waals surface area (Å²) in [6, 6.07) is 9.21. The molecule has 3 aromatic rings. The molecule has 2 aromatic heterocycles. The first-order chi connectivity index (χ1) is 17.0. The van der Waals surface area contributed by atoms with E-state index in [1.54, 1.807) is 23.8 Å².